The molecule has 0 amide bonds. The van der Waals surface area contributed by atoms with E-state index in [0.29, 0.717) is 24.1 Å². The largest absolute Gasteiger partial charge is 0.472 e. The summed E-state index contributed by atoms with van der Waals surface area (Å²) in [6, 6.07) is 0. The first-order chi connectivity index (χ1) is 19.1. The molecule has 2 atom stereocenters. The minimum Gasteiger partial charge on any atom is -0.457 e. The van der Waals surface area contributed by atoms with Crippen LogP contribution in [0.4, 0.5) is 0 Å². The van der Waals surface area contributed by atoms with Gasteiger partial charge >= 0.3 is 13.8 Å². The number of likely N-dealkylation sites (N-methyl/N-ethyl adjacent to an activating group) is 1. The molecule has 0 aliphatic carbocycles. The molecule has 0 aliphatic rings. The van der Waals surface area contributed by atoms with Gasteiger partial charge in [-0.3, -0.25) is 13.8 Å². The van der Waals surface area contributed by atoms with Crippen LogP contribution in [0.2, 0.25) is 0 Å². The van der Waals surface area contributed by atoms with Crippen LogP contribution in [-0.2, 0) is 27.9 Å². The summed E-state index contributed by atoms with van der Waals surface area (Å²) >= 11 is 0. The molecule has 2 unspecified atom stereocenters. The van der Waals surface area contributed by atoms with Gasteiger partial charge in [0.1, 0.15) is 19.3 Å². The number of hydrogen-bond donors (Lipinski definition) is 1. The average molecular weight is 595 g/mol. The summed E-state index contributed by atoms with van der Waals surface area (Å²) in [5, 5.41) is 0. The van der Waals surface area contributed by atoms with E-state index in [1.165, 1.54) is 83.5 Å². The Balaban J connectivity index is 4.32. The molecule has 0 saturated heterocycles. The second-order valence-electron chi connectivity index (χ2n) is 12.2. The first-order valence-corrected chi connectivity index (χ1v) is 17.8. The van der Waals surface area contributed by atoms with Gasteiger partial charge in [0.15, 0.2) is 0 Å². The number of rotatable bonds is 30. The molecular weight excluding hydrogens is 529 g/mol. The van der Waals surface area contributed by atoms with Crippen molar-refractivity contribution in [2.75, 3.05) is 54.1 Å². The summed E-state index contributed by atoms with van der Waals surface area (Å²) in [5.41, 5.74) is 0. The van der Waals surface area contributed by atoms with Crippen LogP contribution in [0.25, 0.3) is 0 Å². The fraction of sp³-hybridized carbons (Fsp3) is 0.968. The highest BCUT2D eigenvalue weighted by atomic mass is 31.2. The van der Waals surface area contributed by atoms with E-state index in [4.69, 9.17) is 18.5 Å². The lowest BCUT2D eigenvalue weighted by Gasteiger charge is -2.24. The zero-order valence-corrected chi connectivity index (χ0v) is 27.7. The predicted octanol–water partition coefficient (Wildman–Crippen LogP) is 8.21. The van der Waals surface area contributed by atoms with Gasteiger partial charge in [0.05, 0.1) is 34.4 Å². The molecule has 8 nitrogen and oxygen atoms in total. The summed E-state index contributed by atoms with van der Waals surface area (Å²) in [7, 11) is 1.67. The Bertz CT molecular complexity index is 627. The van der Waals surface area contributed by atoms with E-state index in [0.717, 1.165) is 32.1 Å². The van der Waals surface area contributed by atoms with Gasteiger partial charge in [-0.1, -0.05) is 117 Å². The lowest BCUT2D eigenvalue weighted by molar-refractivity contribution is -0.870. The number of phosphoric acid groups is 1. The molecule has 0 aliphatic heterocycles. The van der Waals surface area contributed by atoms with E-state index >= 15 is 0 Å². The Kier molecular flexibility index (Phi) is 25.8. The summed E-state index contributed by atoms with van der Waals surface area (Å²) in [6.07, 6.45) is 21.3. The van der Waals surface area contributed by atoms with Gasteiger partial charge in [0, 0.05) is 13.0 Å². The van der Waals surface area contributed by atoms with Crippen LogP contribution in [0.5, 0.6) is 0 Å². The number of ether oxygens (including phenoxy) is 2. The van der Waals surface area contributed by atoms with Crippen LogP contribution in [0.3, 0.4) is 0 Å². The lowest BCUT2D eigenvalue weighted by Crippen LogP contribution is -2.37. The molecule has 1 N–H and O–H groups in total. The van der Waals surface area contributed by atoms with Gasteiger partial charge < -0.3 is 18.9 Å². The van der Waals surface area contributed by atoms with Crippen LogP contribution < -0.4 is 0 Å². The molecule has 0 heterocycles. The van der Waals surface area contributed by atoms with E-state index in [9.17, 15) is 14.3 Å². The van der Waals surface area contributed by atoms with Crippen molar-refractivity contribution in [1.82, 2.24) is 0 Å². The van der Waals surface area contributed by atoms with Crippen LogP contribution in [-0.4, -0.2) is 75.6 Å². The van der Waals surface area contributed by atoms with Crippen LogP contribution >= 0.6 is 7.82 Å². The van der Waals surface area contributed by atoms with Gasteiger partial charge in [0.25, 0.3) is 0 Å². The number of unbranched alkanes of at least 4 members (excludes halogenated alkanes) is 16. The third-order valence-electron chi connectivity index (χ3n) is 6.92. The predicted molar refractivity (Wildman–Crippen MR) is 164 cm³/mol. The number of esters is 1. The number of carbonyl (C=O) groups excluding carboxylic acids is 1. The average Bonchev–Trinajstić information content (AvgIpc) is 2.88. The Morgan fingerprint density at radius 1 is 0.675 bits per heavy atom. The minimum atomic E-state index is -4.24. The molecule has 0 rings (SSSR count). The minimum absolute atomic E-state index is 0.0926. The van der Waals surface area contributed by atoms with E-state index < -0.39 is 13.9 Å². The molecule has 0 fully saturated rings. The van der Waals surface area contributed by atoms with Crippen LogP contribution in [0.15, 0.2) is 0 Å². The molecular formula is C31H65NO7P+. The maximum Gasteiger partial charge on any atom is 0.472 e. The standard InChI is InChI=1S/C31H64NO7P/c1-6-8-10-12-14-15-16-17-19-21-23-26-36-28-30(29-38-40(34,35)37-27-25-32(3,4)5)39-31(33)24-22-20-18-13-11-9-7-2/h30H,6-29H2,1-5H3/p+1. The molecule has 0 radical (unpaired) electrons. The lowest BCUT2D eigenvalue weighted by atomic mass is 10.1. The second-order valence-corrected chi connectivity index (χ2v) is 13.7. The molecule has 0 aromatic rings. The zero-order valence-electron chi connectivity index (χ0n) is 26.8. The third kappa shape index (κ3) is 29.0. The van der Waals surface area contributed by atoms with Crippen molar-refractivity contribution in [2.45, 2.75) is 142 Å². The number of hydrogen-bond acceptors (Lipinski definition) is 6. The van der Waals surface area contributed by atoms with Crippen molar-refractivity contribution in [3.8, 4) is 0 Å². The number of carbonyl (C=O) groups is 1. The highest BCUT2D eigenvalue weighted by Crippen LogP contribution is 2.43. The fourth-order valence-electron chi connectivity index (χ4n) is 4.32. The van der Waals surface area contributed by atoms with Crippen molar-refractivity contribution in [3.05, 3.63) is 0 Å². The maximum atomic E-state index is 12.4. The zero-order chi connectivity index (χ0) is 30.0. The van der Waals surface area contributed by atoms with E-state index in [2.05, 4.69) is 13.8 Å². The van der Waals surface area contributed by atoms with E-state index in [-0.39, 0.29) is 25.8 Å². The molecule has 9 heteroatoms. The van der Waals surface area contributed by atoms with E-state index in [1.54, 1.807) is 0 Å². The van der Waals surface area contributed by atoms with Crippen LogP contribution in [0, 0.1) is 0 Å². The monoisotopic (exact) mass is 594 g/mol. The van der Waals surface area contributed by atoms with Crippen molar-refractivity contribution in [3.63, 3.8) is 0 Å². The summed E-state index contributed by atoms with van der Waals surface area (Å²) < 4.78 is 34.6. The number of nitrogens with zero attached hydrogens (tertiary/aromatic N) is 1. The van der Waals surface area contributed by atoms with Crippen molar-refractivity contribution in [2.24, 2.45) is 0 Å². The highest BCUT2D eigenvalue weighted by Gasteiger charge is 2.26. The quantitative estimate of drug-likeness (QED) is 0.0388. The summed E-state index contributed by atoms with van der Waals surface area (Å²) in [4.78, 5) is 22.5. The third-order valence-corrected chi connectivity index (χ3v) is 7.90. The first kappa shape index (κ1) is 39.5. The van der Waals surface area contributed by atoms with Gasteiger partial charge in [-0.15, -0.1) is 0 Å². The van der Waals surface area contributed by atoms with Crippen molar-refractivity contribution >= 4 is 13.8 Å². The van der Waals surface area contributed by atoms with Gasteiger partial charge in [-0.2, -0.15) is 0 Å². The SMILES string of the molecule is CCCCCCCCCCCCCOCC(COP(=O)(O)OCC[N+](C)(C)C)OC(=O)CCCCCCCCC. The Morgan fingerprint density at radius 2 is 1.15 bits per heavy atom. The molecule has 0 saturated carbocycles. The molecule has 0 spiro atoms. The number of phosphoric ester groups is 1. The molecule has 0 aromatic carbocycles. The van der Waals surface area contributed by atoms with Crippen molar-refractivity contribution < 1.29 is 37.3 Å². The summed E-state index contributed by atoms with van der Waals surface area (Å²) in [5.74, 6) is -0.320. The fourth-order valence-corrected chi connectivity index (χ4v) is 5.06. The van der Waals surface area contributed by atoms with Gasteiger partial charge in [-0.25, -0.2) is 4.57 Å². The van der Waals surface area contributed by atoms with Crippen LogP contribution in [0.1, 0.15) is 136 Å². The molecule has 40 heavy (non-hydrogen) atoms. The van der Waals surface area contributed by atoms with Gasteiger partial charge in [0.2, 0.25) is 0 Å². The van der Waals surface area contributed by atoms with E-state index in [1.807, 2.05) is 21.1 Å². The molecule has 240 valence electrons. The van der Waals surface area contributed by atoms with Crippen molar-refractivity contribution in [1.29, 1.82) is 0 Å². The normalized spacial score (nSPS) is 14.2. The number of quaternary nitrogens is 1. The molecule has 0 bridgehead atoms. The second kappa shape index (κ2) is 26.2. The Morgan fingerprint density at radius 3 is 1.65 bits per heavy atom. The highest BCUT2D eigenvalue weighted by molar-refractivity contribution is 7.47. The Labute approximate surface area is 247 Å². The molecule has 0 aromatic heterocycles. The Hall–Kier alpha value is -0.500. The summed E-state index contributed by atoms with van der Waals surface area (Å²) in [6.45, 7) is 5.57. The first-order valence-electron chi connectivity index (χ1n) is 16.3. The smallest absolute Gasteiger partial charge is 0.457 e. The van der Waals surface area contributed by atoms with Gasteiger partial charge in [-0.05, 0) is 12.8 Å². The maximum absolute atomic E-state index is 12.4. The topological polar surface area (TPSA) is 91.3 Å².